The van der Waals surface area contributed by atoms with Gasteiger partial charge >= 0.3 is 29.0 Å². The zero-order valence-corrected chi connectivity index (χ0v) is 29.3. The standard InChI is InChI=1S/C41H24N8O5.Cu/c1-49-38-29-12-6-7-13-30(29)39(49)48-37-31-19-22(54-23-17-20(40(50)51)16-21(18-23)41(52)53)14-15-28(31)35(46-37)44-33-25-9-3-2-8-24(25)32(42-33)43-34-26-10-4-5-11-27(26)36(45-34)47-38;/h2-19H,1H3,(H3,42,43,44,45,46,47,48,50,51,52,53);/q;+2/p-1. The molecule has 8 bridgehead atoms. The quantitative estimate of drug-likeness (QED) is 0.142. The molecule has 5 aromatic carbocycles. The van der Waals surface area contributed by atoms with E-state index in [0.29, 0.717) is 62.4 Å². The Bertz CT molecular complexity index is 3110. The third kappa shape index (κ3) is 5.47. The van der Waals surface area contributed by atoms with Gasteiger partial charge in [-0.25, -0.2) is 14.6 Å². The van der Waals surface area contributed by atoms with Gasteiger partial charge in [-0.15, -0.1) is 0 Å². The fraction of sp³-hybridized carbons (Fsp3) is 0.0244. The molecule has 10 rings (SSSR count). The number of aromatic carboxylic acids is 2. The van der Waals surface area contributed by atoms with Gasteiger partial charge in [0.2, 0.25) is 0 Å². The Morgan fingerprint density at radius 2 is 0.982 bits per heavy atom. The van der Waals surface area contributed by atoms with Gasteiger partial charge in [0.1, 0.15) is 23.1 Å². The van der Waals surface area contributed by atoms with Gasteiger partial charge in [0.15, 0.2) is 0 Å². The molecule has 55 heavy (non-hydrogen) atoms. The van der Waals surface area contributed by atoms with E-state index in [1.54, 1.807) is 18.2 Å². The minimum atomic E-state index is -1.28. The van der Waals surface area contributed by atoms with Crippen LogP contribution in [0.2, 0.25) is 0 Å². The maximum Gasteiger partial charge on any atom is 2.00 e. The first-order valence-electron chi connectivity index (χ1n) is 16.7. The molecule has 0 amide bonds. The molecule has 5 heterocycles. The SMILES string of the molecule is C[n+]1c2nc3[n-]c(nc4nc(nc5[n-]c(nc1-c1ccccc1-2)c1cc(Oc2cc(C(=O)O)cc(C(=O)O)c2)ccc51)-c1ccccc1-4)c1ccccc31.[Cu+2]. The Balaban J connectivity index is 0.00000397. The van der Waals surface area contributed by atoms with E-state index in [4.69, 9.17) is 39.6 Å². The Morgan fingerprint density at radius 3 is 1.51 bits per heavy atom. The number of fused-ring (bicyclic) bond motifs is 20. The number of ether oxygens (including phenoxy) is 1. The summed E-state index contributed by atoms with van der Waals surface area (Å²) in [6.07, 6.45) is 0. The molecule has 2 N–H and O–H groups in total. The number of carboxylic acid groups (broad SMARTS) is 2. The minimum Gasteiger partial charge on any atom is -0.478 e. The van der Waals surface area contributed by atoms with Gasteiger partial charge in [-0.05, 0) is 57.9 Å². The van der Waals surface area contributed by atoms with Crippen LogP contribution < -0.4 is 19.3 Å². The molecule has 13 nitrogen and oxygen atoms in total. The second kappa shape index (κ2) is 12.7. The zero-order valence-electron chi connectivity index (χ0n) is 28.4. The van der Waals surface area contributed by atoms with E-state index < -0.39 is 11.9 Å². The smallest absolute Gasteiger partial charge is 0.478 e. The molecular formula is C41H23CuN8O5+. The molecule has 14 heteroatoms. The van der Waals surface area contributed by atoms with Crippen molar-refractivity contribution < 1.29 is 46.2 Å². The number of carboxylic acids is 2. The summed E-state index contributed by atoms with van der Waals surface area (Å²) in [6, 6.07) is 32.2. The molecule has 0 saturated heterocycles. The maximum absolute atomic E-state index is 11.8. The largest absolute Gasteiger partial charge is 2.00 e. The van der Waals surface area contributed by atoms with E-state index in [-0.39, 0.29) is 33.9 Å². The van der Waals surface area contributed by atoms with Gasteiger partial charge in [0.05, 0.1) is 29.8 Å². The first kappa shape index (κ1) is 33.5. The molecule has 0 fully saturated rings. The molecule has 0 aliphatic carbocycles. The summed E-state index contributed by atoms with van der Waals surface area (Å²) >= 11 is 0. The molecule has 267 valence electrons. The van der Waals surface area contributed by atoms with E-state index in [1.165, 1.54) is 12.1 Å². The number of carbonyl (C=O) groups is 2. The van der Waals surface area contributed by atoms with Crippen molar-refractivity contribution >= 4 is 56.1 Å². The normalized spacial score (nSPS) is 11.5. The first-order valence-corrected chi connectivity index (χ1v) is 16.7. The second-order valence-corrected chi connectivity index (χ2v) is 12.7. The molecule has 0 unspecified atom stereocenters. The van der Waals surface area contributed by atoms with Crippen molar-refractivity contribution in [3.05, 3.63) is 120 Å². The zero-order chi connectivity index (χ0) is 36.7. The van der Waals surface area contributed by atoms with Crippen molar-refractivity contribution in [3.8, 4) is 57.1 Å². The molecule has 3 aromatic heterocycles. The second-order valence-electron chi connectivity index (χ2n) is 12.7. The predicted molar refractivity (Wildman–Crippen MR) is 198 cm³/mol. The van der Waals surface area contributed by atoms with Crippen LogP contribution in [0.3, 0.4) is 0 Å². The van der Waals surface area contributed by atoms with Crippen LogP contribution >= 0.6 is 0 Å². The molecule has 8 aromatic rings. The Labute approximate surface area is 320 Å². The number of rotatable bonds is 4. The van der Waals surface area contributed by atoms with Gasteiger partial charge < -0.3 is 44.9 Å². The number of aromatic nitrogens is 8. The van der Waals surface area contributed by atoms with Gasteiger partial charge in [-0.2, -0.15) is 0 Å². The number of nitrogens with zero attached hydrogens (tertiary/aromatic N) is 8. The van der Waals surface area contributed by atoms with Gasteiger partial charge in [-0.1, -0.05) is 72.8 Å². The third-order valence-electron chi connectivity index (χ3n) is 9.45. The van der Waals surface area contributed by atoms with Gasteiger partial charge in [-0.3, -0.25) is 4.57 Å². The van der Waals surface area contributed by atoms with E-state index >= 15 is 0 Å². The molecule has 0 atom stereocenters. The van der Waals surface area contributed by atoms with Crippen molar-refractivity contribution in [3.63, 3.8) is 0 Å². The number of benzene rings is 5. The van der Waals surface area contributed by atoms with Crippen LogP contribution in [-0.2, 0) is 24.1 Å². The molecule has 0 spiro atoms. The Morgan fingerprint density at radius 1 is 0.527 bits per heavy atom. The van der Waals surface area contributed by atoms with Crippen LogP contribution in [0.25, 0.3) is 89.7 Å². The molecular weight excluding hydrogens is 748 g/mol. The van der Waals surface area contributed by atoms with E-state index in [0.717, 1.165) is 39.1 Å². The third-order valence-corrected chi connectivity index (χ3v) is 9.45. The summed E-state index contributed by atoms with van der Waals surface area (Å²) in [5.41, 5.74) is 4.53. The fourth-order valence-corrected chi connectivity index (χ4v) is 6.93. The predicted octanol–water partition coefficient (Wildman–Crippen LogP) is 6.74. The van der Waals surface area contributed by atoms with Crippen LogP contribution in [0.4, 0.5) is 0 Å². The van der Waals surface area contributed by atoms with Gasteiger partial charge in [0, 0.05) is 44.8 Å². The molecule has 2 aliphatic rings. The summed E-state index contributed by atoms with van der Waals surface area (Å²) < 4.78 is 7.98. The van der Waals surface area contributed by atoms with Crippen molar-refractivity contribution in [2.45, 2.75) is 0 Å². The Kier molecular flexibility index (Phi) is 7.74. The number of hydrogen-bond acceptors (Lipinski definition) is 8. The Hall–Kier alpha value is -7.28. The van der Waals surface area contributed by atoms with Crippen LogP contribution in [-0.4, -0.2) is 47.1 Å². The van der Waals surface area contributed by atoms with Gasteiger partial charge in [0.25, 0.3) is 0 Å². The van der Waals surface area contributed by atoms with Crippen LogP contribution in [0, 0.1) is 0 Å². The van der Waals surface area contributed by atoms with Crippen LogP contribution in [0.15, 0.2) is 109 Å². The average molecular weight is 771 g/mol. The monoisotopic (exact) mass is 770 g/mol. The van der Waals surface area contributed by atoms with Crippen molar-refractivity contribution in [2.24, 2.45) is 7.05 Å². The maximum atomic E-state index is 11.8. The minimum absolute atomic E-state index is 0. The van der Waals surface area contributed by atoms with E-state index in [2.05, 4.69) is 0 Å². The van der Waals surface area contributed by atoms with Crippen molar-refractivity contribution in [1.29, 1.82) is 0 Å². The van der Waals surface area contributed by atoms with E-state index in [1.807, 2.05) is 84.4 Å². The van der Waals surface area contributed by atoms with Crippen LogP contribution in [0.1, 0.15) is 20.7 Å². The van der Waals surface area contributed by atoms with Crippen molar-refractivity contribution in [2.75, 3.05) is 0 Å². The first-order chi connectivity index (χ1) is 26.3. The van der Waals surface area contributed by atoms with Crippen molar-refractivity contribution in [1.82, 2.24) is 34.9 Å². The average Bonchev–Trinajstić information content (AvgIpc) is 3.89. The molecule has 1 radical (unpaired) electrons. The number of hydrogen-bond donors (Lipinski definition) is 2. The van der Waals surface area contributed by atoms with E-state index in [9.17, 15) is 19.8 Å². The summed E-state index contributed by atoms with van der Waals surface area (Å²) in [4.78, 5) is 58.6. The summed E-state index contributed by atoms with van der Waals surface area (Å²) in [7, 11) is 1.89. The molecule has 0 saturated carbocycles. The topological polar surface area (TPSA) is 180 Å². The summed E-state index contributed by atoms with van der Waals surface area (Å²) in [5, 5.41) is 22.1. The van der Waals surface area contributed by atoms with Crippen LogP contribution in [0.5, 0.6) is 11.5 Å². The summed E-state index contributed by atoms with van der Waals surface area (Å²) in [6.45, 7) is 0. The fourth-order valence-electron chi connectivity index (χ4n) is 6.93. The molecule has 2 aliphatic heterocycles. The summed E-state index contributed by atoms with van der Waals surface area (Å²) in [5.74, 6) is -0.112.